The number of hydrogen-bond acceptors (Lipinski definition) is 2. The molecule has 0 bridgehead atoms. The lowest BCUT2D eigenvalue weighted by Gasteiger charge is -2.28. The van der Waals surface area contributed by atoms with E-state index in [4.69, 9.17) is 0 Å². The van der Waals surface area contributed by atoms with E-state index in [9.17, 15) is 5.26 Å². The molecule has 90 valence electrons. The van der Waals surface area contributed by atoms with Crippen molar-refractivity contribution in [2.45, 2.75) is 23.8 Å². The van der Waals surface area contributed by atoms with Crippen molar-refractivity contribution in [1.29, 1.82) is 5.26 Å². The lowest BCUT2D eigenvalue weighted by atomic mass is 9.80. The van der Waals surface area contributed by atoms with Gasteiger partial charge in [0.15, 0.2) is 0 Å². The van der Waals surface area contributed by atoms with Gasteiger partial charge < -0.3 is 0 Å². The van der Waals surface area contributed by atoms with Gasteiger partial charge >= 0.3 is 0 Å². The molecule has 0 spiro atoms. The minimum Gasteiger partial charge on any atom is -0.193 e. The van der Waals surface area contributed by atoms with E-state index < -0.39 is 0 Å². The molecule has 0 saturated carbocycles. The molecule has 2 aliphatic rings. The van der Waals surface area contributed by atoms with Gasteiger partial charge in [0.25, 0.3) is 0 Å². The second-order valence-corrected chi connectivity index (χ2v) is 6.05. The highest BCUT2D eigenvalue weighted by Crippen LogP contribution is 2.44. The fourth-order valence-electron chi connectivity index (χ4n) is 2.92. The van der Waals surface area contributed by atoms with Crippen LogP contribution in [0, 0.1) is 17.2 Å². The van der Waals surface area contributed by atoms with Crippen LogP contribution in [-0.2, 0) is 5.75 Å². The molecular formula is C16H15NS. The summed E-state index contributed by atoms with van der Waals surface area (Å²) in [6.07, 6.45) is 6.28. The number of allylic oxidation sites excluding steroid dienone is 3. The lowest BCUT2D eigenvalue weighted by Crippen LogP contribution is -2.23. The van der Waals surface area contributed by atoms with Gasteiger partial charge in [-0.2, -0.15) is 5.26 Å². The molecule has 1 aromatic rings. The Labute approximate surface area is 112 Å². The summed E-state index contributed by atoms with van der Waals surface area (Å²) in [5, 5.41) is 9.58. The molecule has 18 heavy (non-hydrogen) atoms. The van der Waals surface area contributed by atoms with Gasteiger partial charge in [0.2, 0.25) is 0 Å². The number of benzene rings is 1. The minimum absolute atomic E-state index is 0.322. The number of fused-ring (bicyclic) bond motifs is 2. The molecule has 0 saturated heterocycles. The van der Waals surface area contributed by atoms with Crippen LogP contribution in [0.25, 0.3) is 0 Å². The van der Waals surface area contributed by atoms with Gasteiger partial charge in [-0.3, -0.25) is 0 Å². The van der Waals surface area contributed by atoms with E-state index in [1.54, 1.807) is 0 Å². The first-order valence-electron chi connectivity index (χ1n) is 6.29. The summed E-state index contributed by atoms with van der Waals surface area (Å²) in [6.45, 7) is 2.28. The highest BCUT2D eigenvalue weighted by molar-refractivity contribution is 7.99. The highest BCUT2D eigenvalue weighted by Gasteiger charge is 2.34. The zero-order valence-corrected chi connectivity index (χ0v) is 11.2. The first kappa shape index (κ1) is 11.6. The van der Waals surface area contributed by atoms with Crippen LogP contribution in [0.15, 0.2) is 48.1 Å². The molecule has 3 rings (SSSR count). The molecule has 0 fully saturated rings. The van der Waals surface area contributed by atoms with Crippen LogP contribution in [0.1, 0.15) is 24.0 Å². The monoisotopic (exact) mass is 253 g/mol. The molecule has 1 heterocycles. The molecule has 0 N–H and O–H groups in total. The van der Waals surface area contributed by atoms with Crippen LogP contribution < -0.4 is 0 Å². The van der Waals surface area contributed by atoms with Crippen molar-refractivity contribution >= 4 is 11.8 Å². The number of thioether (sulfide) groups is 1. The fraction of sp³-hybridized carbons (Fsp3) is 0.312. The molecule has 0 radical (unpaired) electrons. The fourth-order valence-corrected chi connectivity index (χ4v) is 4.40. The zero-order valence-electron chi connectivity index (χ0n) is 10.3. The Hall–Kier alpha value is -1.46. The van der Waals surface area contributed by atoms with E-state index >= 15 is 0 Å². The standard InChI is InChI=1S/C16H15NS/c1-11-14-7-3-2-5-13(14)10-18-16-12(9-17)6-4-8-15(11)16/h2-8,11,15-16H,10H2,1H3. The van der Waals surface area contributed by atoms with E-state index in [2.05, 4.69) is 43.3 Å². The Morgan fingerprint density at radius 1 is 1.33 bits per heavy atom. The summed E-state index contributed by atoms with van der Waals surface area (Å²) < 4.78 is 0. The van der Waals surface area contributed by atoms with Gasteiger partial charge in [0.05, 0.1) is 6.07 Å². The Morgan fingerprint density at radius 2 is 2.17 bits per heavy atom. The van der Waals surface area contributed by atoms with Gasteiger partial charge in [0.1, 0.15) is 0 Å². The van der Waals surface area contributed by atoms with Crippen LogP contribution in [0.3, 0.4) is 0 Å². The van der Waals surface area contributed by atoms with Crippen molar-refractivity contribution in [2.24, 2.45) is 5.92 Å². The van der Waals surface area contributed by atoms with E-state index in [0.29, 0.717) is 17.1 Å². The van der Waals surface area contributed by atoms with E-state index in [-0.39, 0.29) is 0 Å². The zero-order chi connectivity index (χ0) is 12.5. The second-order valence-electron chi connectivity index (χ2n) is 4.92. The van der Waals surface area contributed by atoms with Gasteiger partial charge in [-0.05, 0) is 23.1 Å². The van der Waals surface area contributed by atoms with Crippen molar-refractivity contribution in [3.05, 3.63) is 59.2 Å². The van der Waals surface area contributed by atoms with Crippen LogP contribution >= 0.6 is 11.8 Å². The third-order valence-corrected chi connectivity index (χ3v) is 5.34. The Bertz CT molecular complexity index is 565. The predicted octanol–water partition coefficient (Wildman–Crippen LogP) is 4.04. The number of nitriles is 1. The largest absolute Gasteiger partial charge is 0.193 e. The average Bonchev–Trinajstić information content (AvgIpc) is 2.57. The third kappa shape index (κ3) is 1.79. The van der Waals surface area contributed by atoms with Crippen LogP contribution in [-0.4, -0.2) is 5.25 Å². The number of nitrogens with zero attached hydrogens (tertiary/aromatic N) is 1. The summed E-state index contributed by atoms with van der Waals surface area (Å²) in [6, 6.07) is 11.1. The van der Waals surface area contributed by atoms with Crippen LogP contribution in [0.4, 0.5) is 0 Å². The van der Waals surface area contributed by atoms with Crippen molar-refractivity contribution in [3.8, 4) is 6.07 Å². The molecule has 3 unspecified atom stereocenters. The normalized spacial score (nSPS) is 29.6. The summed E-state index contributed by atoms with van der Waals surface area (Å²) in [5.74, 6) is 1.93. The van der Waals surface area contributed by atoms with E-state index in [1.165, 1.54) is 11.1 Å². The molecule has 0 amide bonds. The molecule has 1 nitrogen and oxygen atoms in total. The summed E-state index contributed by atoms with van der Waals surface area (Å²) in [7, 11) is 0. The minimum atomic E-state index is 0.322. The lowest BCUT2D eigenvalue weighted by molar-refractivity contribution is 0.550. The predicted molar refractivity (Wildman–Crippen MR) is 76.3 cm³/mol. The molecule has 1 aliphatic carbocycles. The van der Waals surface area contributed by atoms with Gasteiger partial charge in [-0.25, -0.2) is 0 Å². The molecule has 3 atom stereocenters. The Balaban J connectivity index is 2.04. The van der Waals surface area contributed by atoms with Crippen molar-refractivity contribution in [1.82, 2.24) is 0 Å². The quantitative estimate of drug-likeness (QED) is 0.696. The smallest absolute Gasteiger partial charge is 0.0959 e. The molecule has 1 aromatic carbocycles. The van der Waals surface area contributed by atoms with E-state index in [0.717, 1.165) is 11.3 Å². The summed E-state index contributed by atoms with van der Waals surface area (Å²) in [5.41, 5.74) is 3.79. The SMILES string of the molecule is CC1c2ccccc2CSC2C(C#N)=CC=CC21. The van der Waals surface area contributed by atoms with Gasteiger partial charge in [0, 0.05) is 22.5 Å². The maximum absolute atomic E-state index is 9.26. The maximum atomic E-state index is 9.26. The van der Waals surface area contributed by atoms with E-state index in [1.807, 2.05) is 23.9 Å². The highest BCUT2D eigenvalue weighted by atomic mass is 32.2. The van der Waals surface area contributed by atoms with Crippen LogP contribution in [0.2, 0.25) is 0 Å². The topological polar surface area (TPSA) is 23.8 Å². The van der Waals surface area contributed by atoms with Gasteiger partial charge in [-0.15, -0.1) is 11.8 Å². The van der Waals surface area contributed by atoms with Crippen molar-refractivity contribution in [3.63, 3.8) is 0 Å². The molecular weight excluding hydrogens is 238 g/mol. The van der Waals surface area contributed by atoms with Gasteiger partial charge in [-0.1, -0.05) is 43.3 Å². The average molecular weight is 253 g/mol. The Kier molecular flexibility index (Phi) is 3.01. The van der Waals surface area contributed by atoms with Crippen LogP contribution in [0.5, 0.6) is 0 Å². The first-order valence-corrected chi connectivity index (χ1v) is 7.34. The summed E-state index contributed by atoms with van der Waals surface area (Å²) >= 11 is 1.91. The second kappa shape index (κ2) is 4.66. The Morgan fingerprint density at radius 3 is 3.00 bits per heavy atom. The summed E-state index contributed by atoms with van der Waals surface area (Å²) in [4.78, 5) is 0. The molecule has 1 aliphatic heterocycles. The molecule has 2 heteroatoms. The molecule has 0 aromatic heterocycles. The van der Waals surface area contributed by atoms with Crippen molar-refractivity contribution in [2.75, 3.05) is 0 Å². The third-order valence-electron chi connectivity index (χ3n) is 3.94. The number of rotatable bonds is 0. The van der Waals surface area contributed by atoms with Crippen molar-refractivity contribution < 1.29 is 0 Å². The first-order chi connectivity index (χ1) is 8.81. The number of hydrogen-bond donors (Lipinski definition) is 0. The maximum Gasteiger partial charge on any atom is 0.0959 e.